The molecule has 2 aromatic carbocycles. The number of rotatable bonds is 5. The van der Waals surface area contributed by atoms with Gasteiger partial charge in [0.25, 0.3) is 5.69 Å². The minimum absolute atomic E-state index is 0.0473. The van der Waals surface area contributed by atoms with E-state index in [0.29, 0.717) is 11.3 Å². The summed E-state index contributed by atoms with van der Waals surface area (Å²) in [6.45, 7) is 0. The summed E-state index contributed by atoms with van der Waals surface area (Å²) < 4.78 is 5.12. The number of nitro groups is 1. The van der Waals surface area contributed by atoms with Crippen molar-refractivity contribution in [1.82, 2.24) is 0 Å². The Kier molecular flexibility index (Phi) is 5.12. The fraction of sp³-hybridized carbons (Fsp3) is 0.100. The summed E-state index contributed by atoms with van der Waals surface area (Å²) in [5, 5.41) is 11.3. The van der Waals surface area contributed by atoms with E-state index in [0.717, 1.165) is 5.56 Å². The maximum absolute atomic E-state index is 12.0. The minimum atomic E-state index is -0.595. The molecule has 7 heteroatoms. The Morgan fingerprint density at radius 3 is 2.48 bits per heavy atom. The molecule has 0 saturated carbocycles. The van der Waals surface area contributed by atoms with E-state index in [1.54, 1.807) is 43.3 Å². The normalized spacial score (nSPS) is 15.1. The predicted molar refractivity (Wildman–Crippen MR) is 104 cm³/mol. The molecule has 0 unspecified atom stereocenters. The van der Waals surface area contributed by atoms with Gasteiger partial charge >= 0.3 is 5.97 Å². The molecule has 2 aromatic rings. The zero-order chi connectivity index (χ0) is 19.4. The molecule has 27 heavy (non-hydrogen) atoms. The van der Waals surface area contributed by atoms with Crippen LogP contribution >= 0.6 is 0 Å². The van der Waals surface area contributed by atoms with Crippen LogP contribution < -0.4 is 4.90 Å². The zero-order valence-electron chi connectivity index (χ0n) is 14.8. The first-order valence-electron chi connectivity index (χ1n) is 8.15. The molecule has 0 fully saturated rings. The number of esters is 1. The number of nitro benzene ring substituents is 1. The van der Waals surface area contributed by atoms with Gasteiger partial charge in [0.05, 0.1) is 4.92 Å². The van der Waals surface area contributed by atoms with E-state index in [-0.39, 0.29) is 17.3 Å². The van der Waals surface area contributed by atoms with Crippen LogP contribution in [-0.4, -0.2) is 30.9 Å². The van der Waals surface area contributed by atoms with Crippen molar-refractivity contribution in [1.29, 1.82) is 0 Å². The number of ether oxygens (including phenoxy) is 1. The van der Waals surface area contributed by atoms with Crippen molar-refractivity contribution >= 4 is 35.4 Å². The van der Waals surface area contributed by atoms with E-state index in [9.17, 15) is 14.9 Å². The van der Waals surface area contributed by atoms with Gasteiger partial charge in [-0.3, -0.25) is 10.1 Å². The molecule has 7 nitrogen and oxygen atoms in total. The van der Waals surface area contributed by atoms with E-state index in [1.165, 1.54) is 12.1 Å². The van der Waals surface area contributed by atoms with E-state index in [4.69, 9.17) is 4.74 Å². The molecule has 3 rings (SSSR count). The smallest absolute Gasteiger partial charge is 0.363 e. The Morgan fingerprint density at radius 2 is 1.81 bits per heavy atom. The van der Waals surface area contributed by atoms with Crippen molar-refractivity contribution in [2.45, 2.75) is 0 Å². The fourth-order valence-corrected chi connectivity index (χ4v) is 2.54. The van der Waals surface area contributed by atoms with E-state index in [1.807, 2.05) is 30.3 Å². The van der Waals surface area contributed by atoms with Gasteiger partial charge in [0, 0.05) is 26.2 Å². The molecule has 0 atom stereocenters. The van der Waals surface area contributed by atoms with Gasteiger partial charge < -0.3 is 9.64 Å². The fourth-order valence-electron chi connectivity index (χ4n) is 2.54. The molecule has 1 aliphatic rings. The summed E-state index contributed by atoms with van der Waals surface area (Å²) in [5.74, 6) is -0.420. The lowest BCUT2D eigenvalue weighted by Crippen LogP contribution is -2.11. The van der Waals surface area contributed by atoms with E-state index < -0.39 is 10.9 Å². The van der Waals surface area contributed by atoms with Crippen molar-refractivity contribution in [3.63, 3.8) is 0 Å². The minimum Gasteiger partial charge on any atom is -0.403 e. The topological polar surface area (TPSA) is 85.0 Å². The van der Waals surface area contributed by atoms with Crippen LogP contribution in [0.1, 0.15) is 11.1 Å². The highest BCUT2D eigenvalue weighted by molar-refractivity contribution is 6.11. The van der Waals surface area contributed by atoms with Crippen molar-refractivity contribution < 1.29 is 14.5 Å². The number of carbonyl (C=O) groups is 1. The molecule has 1 heterocycles. The quantitative estimate of drug-likeness (QED) is 0.350. The molecule has 0 aliphatic carbocycles. The van der Waals surface area contributed by atoms with Gasteiger partial charge in [-0.1, -0.05) is 36.4 Å². The van der Waals surface area contributed by atoms with Crippen molar-refractivity contribution in [3.8, 4) is 0 Å². The van der Waals surface area contributed by atoms with E-state index >= 15 is 0 Å². The van der Waals surface area contributed by atoms with Crippen LogP contribution in [0, 0.1) is 10.1 Å². The highest BCUT2D eigenvalue weighted by Crippen LogP contribution is 2.29. The summed E-state index contributed by atoms with van der Waals surface area (Å²) >= 11 is 0. The first-order chi connectivity index (χ1) is 12.9. The first kappa shape index (κ1) is 18.1. The maximum atomic E-state index is 12.0. The van der Waals surface area contributed by atoms with Gasteiger partial charge in [0.15, 0.2) is 5.70 Å². The van der Waals surface area contributed by atoms with Gasteiger partial charge in [-0.25, -0.2) is 9.79 Å². The number of anilines is 1. The summed E-state index contributed by atoms with van der Waals surface area (Å²) in [5.41, 5.74) is 1.97. The van der Waals surface area contributed by atoms with Crippen LogP contribution in [0.5, 0.6) is 0 Å². The highest BCUT2D eigenvalue weighted by atomic mass is 16.6. The van der Waals surface area contributed by atoms with Gasteiger partial charge in [0.1, 0.15) is 5.69 Å². The lowest BCUT2D eigenvalue weighted by Gasteiger charge is -2.12. The highest BCUT2D eigenvalue weighted by Gasteiger charge is 2.22. The maximum Gasteiger partial charge on any atom is 0.363 e. The second-order valence-corrected chi connectivity index (χ2v) is 6.01. The van der Waals surface area contributed by atoms with Gasteiger partial charge in [0.2, 0.25) is 5.90 Å². The van der Waals surface area contributed by atoms with E-state index in [2.05, 4.69) is 4.99 Å². The Hall–Kier alpha value is -3.74. The molecule has 0 spiro atoms. The molecule has 136 valence electrons. The Balaban J connectivity index is 1.87. The Labute approximate surface area is 156 Å². The van der Waals surface area contributed by atoms with Gasteiger partial charge in [-0.15, -0.1) is 0 Å². The molecule has 0 bridgehead atoms. The third-order valence-corrected chi connectivity index (χ3v) is 3.84. The van der Waals surface area contributed by atoms with Crippen molar-refractivity contribution in [2.75, 3.05) is 19.0 Å². The lowest BCUT2D eigenvalue weighted by molar-refractivity contribution is -0.384. The Bertz CT molecular complexity index is 976. The number of benzene rings is 2. The van der Waals surface area contributed by atoms with Crippen LogP contribution in [0.3, 0.4) is 0 Å². The molecule has 0 radical (unpaired) electrons. The number of cyclic esters (lactones) is 1. The number of carbonyl (C=O) groups excluding carboxylic acids is 1. The third kappa shape index (κ3) is 4.27. The van der Waals surface area contributed by atoms with Crippen molar-refractivity contribution in [2.24, 2.45) is 4.99 Å². The second-order valence-electron chi connectivity index (χ2n) is 6.01. The summed E-state index contributed by atoms with van der Waals surface area (Å²) in [7, 11) is 3.45. The molecular weight excluding hydrogens is 346 g/mol. The first-order valence-corrected chi connectivity index (χ1v) is 8.15. The van der Waals surface area contributed by atoms with Crippen LogP contribution in [0.25, 0.3) is 12.2 Å². The average Bonchev–Trinajstić information content (AvgIpc) is 3.00. The number of hydrogen-bond donors (Lipinski definition) is 0. The standard InChI is InChI=1S/C20H17N3O4/c1-22(2)17-10-8-15(13-18(17)23(25)26)12-16-20(24)27-19(21-16)11-9-14-6-4-3-5-7-14/h3-13H,1-2H3/b11-9+,16-12-. The van der Waals surface area contributed by atoms with Crippen LogP contribution in [-0.2, 0) is 9.53 Å². The van der Waals surface area contributed by atoms with Gasteiger partial charge in [-0.05, 0) is 29.3 Å². The SMILES string of the molecule is CN(C)c1ccc(/C=C2N=C(/C=C/c3ccccc3)OC\2=O)cc1[N+](=O)[O-]. The number of hydrogen-bond acceptors (Lipinski definition) is 6. The summed E-state index contributed by atoms with van der Waals surface area (Å²) in [6.07, 6.45) is 4.86. The third-order valence-electron chi connectivity index (χ3n) is 3.84. The zero-order valence-corrected chi connectivity index (χ0v) is 14.8. The largest absolute Gasteiger partial charge is 0.403 e. The monoisotopic (exact) mass is 363 g/mol. The predicted octanol–water partition coefficient (Wildman–Crippen LogP) is 3.67. The summed E-state index contributed by atoms with van der Waals surface area (Å²) in [4.78, 5) is 28.6. The number of nitrogens with zero attached hydrogens (tertiary/aromatic N) is 3. The van der Waals surface area contributed by atoms with Gasteiger partial charge in [-0.2, -0.15) is 0 Å². The lowest BCUT2D eigenvalue weighted by atomic mass is 10.1. The molecule has 1 aliphatic heterocycles. The molecule has 0 N–H and O–H groups in total. The summed E-state index contributed by atoms with van der Waals surface area (Å²) in [6, 6.07) is 14.3. The van der Waals surface area contributed by atoms with Crippen LogP contribution in [0.2, 0.25) is 0 Å². The molecular formula is C20H17N3O4. The Morgan fingerprint density at radius 1 is 1.07 bits per heavy atom. The molecule has 0 amide bonds. The van der Waals surface area contributed by atoms with Crippen molar-refractivity contribution in [3.05, 3.63) is 81.5 Å². The van der Waals surface area contributed by atoms with Crippen LogP contribution in [0.4, 0.5) is 11.4 Å². The molecule has 0 saturated heterocycles. The number of aliphatic imine (C=N–C) groups is 1. The second kappa shape index (κ2) is 7.65. The van der Waals surface area contributed by atoms with Crippen LogP contribution in [0.15, 0.2) is 65.3 Å². The molecule has 0 aromatic heterocycles. The average molecular weight is 363 g/mol.